The summed E-state index contributed by atoms with van der Waals surface area (Å²) in [5.41, 5.74) is 2.02. The van der Waals surface area contributed by atoms with E-state index in [-0.39, 0.29) is 11.4 Å². The van der Waals surface area contributed by atoms with Gasteiger partial charge in [-0.2, -0.15) is 13.2 Å². The van der Waals surface area contributed by atoms with Crippen molar-refractivity contribution in [2.45, 2.75) is 6.18 Å². The van der Waals surface area contributed by atoms with Gasteiger partial charge in [-0.25, -0.2) is 0 Å². The molecule has 0 saturated heterocycles. The van der Waals surface area contributed by atoms with Crippen molar-refractivity contribution >= 4 is 17.3 Å². The number of nitrogen functional groups attached to an aromatic ring is 1. The van der Waals surface area contributed by atoms with Crippen LogP contribution in [0, 0.1) is 0 Å². The number of aromatic nitrogens is 1. The number of hydrogen-bond acceptors (Lipinski definition) is 4. The molecule has 21 heavy (non-hydrogen) atoms. The van der Waals surface area contributed by atoms with E-state index in [2.05, 4.69) is 15.7 Å². The molecule has 0 fully saturated rings. The molecule has 0 atom stereocenters. The van der Waals surface area contributed by atoms with Gasteiger partial charge in [0.05, 0.1) is 11.3 Å². The first-order valence-corrected chi connectivity index (χ1v) is 5.81. The molecule has 0 bridgehead atoms. The Morgan fingerprint density at radius 3 is 2.57 bits per heavy atom. The smallest absolute Gasteiger partial charge is 0.324 e. The standard InChI is InChI=1S/C13H11F3N4O/c14-13(15,16)8-2-1-3-9(6-8)19-12(21)11-7-10(20-17)4-5-18-11/h1-7H,17H2,(H,18,20)(H,19,21). The number of amides is 1. The summed E-state index contributed by atoms with van der Waals surface area (Å²) in [6.45, 7) is 0. The lowest BCUT2D eigenvalue weighted by molar-refractivity contribution is -0.137. The number of rotatable bonds is 3. The number of nitrogens with two attached hydrogens (primary N) is 1. The fourth-order valence-electron chi connectivity index (χ4n) is 1.61. The Bertz CT molecular complexity index is 658. The van der Waals surface area contributed by atoms with Gasteiger partial charge in [0.25, 0.3) is 5.91 Å². The Morgan fingerprint density at radius 1 is 1.14 bits per heavy atom. The van der Waals surface area contributed by atoms with E-state index in [4.69, 9.17) is 5.84 Å². The Balaban J connectivity index is 2.19. The van der Waals surface area contributed by atoms with E-state index in [1.54, 1.807) is 6.07 Å². The topological polar surface area (TPSA) is 80.0 Å². The molecule has 110 valence electrons. The van der Waals surface area contributed by atoms with E-state index in [9.17, 15) is 18.0 Å². The number of carbonyl (C=O) groups excluding carboxylic acids is 1. The van der Waals surface area contributed by atoms with Crippen LogP contribution in [0.15, 0.2) is 42.6 Å². The van der Waals surface area contributed by atoms with Crippen molar-refractivity contribution in [3.05, 3.63) is 53.9 Å². The second-order valence-corrected chi connectivity index (χ2v) is 4.11. The Morgan fingerprint density at radius 2 is 1.90 bits per heavy atom. The van der Waals surface area contributed by atoms with Crippen LogP contribution in [0.1, 0.15) is 16.1 Å². The van der Waals surface area contributed by atoms with Gasteiger partial charge in [0.15, 0.2) is 0 Å². The molecule has 1 heterocycles. The minimum absolute atomic E-state index is 0.0303. The van der Waals surface area contributed by atoms with Crippen LogP contribution in [-0.4, -0.2) is 10.9 Å². The number of alkyl halides is 3. The highest BCUT2D eigenvalue weighted by atomic mass is 19.4. The number of halogens is 3. The molecular weight excluding hydrogens is 285 g/mol. The molecule has 0 saturated carbocycles. The normalized spacial score (nSPS) is 11.0. The van der Waals surface area contributed by atoms with Crippen LogP contribution < -0.4 is 16.6 Å². The Kier molecular flexibility index (Phi) is 4.08. The van der Waals surface area contributed by atoms with Crippen LogP contribution in [-0.2, 0) is 6.18 Å². The molecule has 1 amide bonds. The van der Waals surface area contributed by atoms with Crippen molar-refractivity contribution in [3.63, 3.8) is 0 Å². The van der Waals surface area contributed by atoms with Crippen LogP contribution in [0.3, 0.4) is 0 Å². The number of pyridine rings is 1. The van der Waals surface area contributed by atoms with Gasteiger partial charge in [-0.05, 0) is 30.3 Å². The summed E-state index contributed by atoms with van der Waals surface area (Å²) in [6, 6.07) is 7.27. The number of hydrazine groups is 1. The van der Waals surface area contributed by atoms with Gasteiger partial charge in [0.2, 0.25) is 0 Å². The summed E-state index contributed by atoms with van der Waals surface area (Å²) in [7, 11) is 0. The molecule has 0 aliphatic rings. The number of hydrogen-bond donors (Lipinski definition) is 3. The molecule has 1 aromatic carbocycles. The number of benzene rings is 1. The maximum Gasteiger partial charge on any atom is 0.416 e. The van der Waals surface area contributed by atoms with Gasteiger partial charge >= 0.3 is 6.18 Å². The fourth-order valence-corrected chi connectivity index (χ4v) is 1.61. The van der Waals surface area contributed by atoms with Gasteiger partial charge in [-0.3, -0.25) is 15.6 Å². The molecule has 0 aliphatic heterocycles. The molecule has 8 heteroatoms. The van der Waals surface area contributed by atoms with E-state index in [1.807, 2.05) is 0 Å². The van der Waals surface area contributed by atoms with E-state index in [0.717, 1.165) is 12.1 Å². The van der Waals surface area contributed by atoms with Gasteiger partial charge in [-0.1, -0.05) is 6.07 Å². The van der Waals surface area contributed by atoms with Crippen LogP contribution in [0.25, 0.3) is 0 Å². The summed E-state index contributed by atoms with van der Waals surface area (Å²) in [4.78, 5) is 15.7. The van der Waals surface area contributed by atoms with Crippen LogP contribution in [0.5, 0.6) is 0 Å². The van der Waals surface area contributed by atoms with Crippen molar-refractivity contribution in [1.29, 1.82) is 0 Å². The minimum Gasteiger partial charge on any atom is -0.324 e. The summed E-state index contributed by atoms with van der Waals surface area (Å²) < 4.78 is 37.7. The first-order chi connectivity index (χ1) is 9.90. The van der Waals surface area contributed by atoms with Gasteiger partial charge in [0, 0.05) is 11.9 Å². The molecule has 2 rings (SSSR count). The van der Waals surface area contributed by atoms with E-state index >= 15 is 0 Å². The van der Waals surface area contributed by atoms with Crippen molar-refractivity contribution in [2.75, 3.05) is 10.7 Å². The second-order valence-electron chi connectivity index (χ2n) is 4.11. The predicted octanol–water partition coefficient (Wildman–Crippen LogP) is 2.64. The molecule has 2 aromatic rings. The van der Waals surface area contributed by atoms with Crippen LogP contribution in [0.2, 0.25) is 0 Å². The molecule has 4 N–H and O–H groups in total. The van der Waals surface area contributed by atoms with Gasteiger partial charge in [0.1, 0.15) is 5.69 Å². The van der Waals surface area contributed by atoms with E-state index < -0.39 is 17.6 Å². The third kappa shape index (κ3) is 3.69. The third-order valence-corrected chi connectivity index (χ3v) is 2.61. The average molecular weight is 296 g/mol. The zero-order chi connectivity index (χ0) is 15.5. The monoisotopic (exact) mass is 296 g/mol. The molecule has 0 spiro atoms. The predicted molar refractivity (Wildman–Crippen MR) is 71.4 cm³/mol. The van der Waals surface area contributed by atoms with Gasteiger partial charge in [-0.15, -0.1) is 0 Å². The maximum absolute atomic E-state index is 12.6. The molecule has 1 aromatic heterocycles. The van der Waals surface area contributed by atoms with Crippen molar-refractivity contribution < 1.29 is 18.0 Å². The summed E-state index contributed by atoms with van der Waals surface area (Å²) in [5, 5.41) is 2.35. The Hall–Kier alpha value is -2.61. The number of anilines is 2. The highest BCUT2D eigenvalue weighted by molar-refractivity contribution is 6.03. The molecule has 0 radical (unpaired) electrons. The molecular formula is C13H11F3N4O. The van der Waals surface area contributed by atoms with Crippen molar-refractivity contribution in [3.8, 4) is 0 Å². The third-order valence-electron chi connectivity index (χ3n) is 2.61. The van der Waals surface area contributed by atoms with Crippen molar-refractivity contribution in [2.24, 2.45) is 5.84 Å². The number of nitrogens with zero attached hydrogens (tertiary/aromatic N) is 1. The lowest BCUT2D eigenvalue weighted by Crippen LogP contribution is -2.15. The maximum atomic E-state index is 12.6. The largest absolute Gasteiger partial charge is 0.416 e. The zero-order valence-corrected chi connectivity index (χ0v) is 10.6. The zero-order valence-electron chi connectivity index (χ0n) is 10.6. The number of nitrogens with one attached hydrogen (secondary N) is 2. The average Bonchev–Trinajstić information content (AvgIpc) is 2.46. The lowest BCUT2D eigenvalue weighted by Gasteiger charge is -2.10. The van der Waals surface area contributed by atoms with Crippen molar-refractivity contribution in [1.82, 2.24) is 4.98 Å². The SMILES string of the molecule is NNc1ccnc(C(=O)Nc2cccc(C(F)(F)F)c2)c1. The minimum atomic E-state index is -4.47. The Labute approximate surface area is 118 Å². The molecule has 0 aliphatic carbocycles. The number of carbonyl (C=O) groups is 1. The molecule has 0 unspecified atom stereocenters. The van der Waals surface area contributed by atoms with Crippen LogP contribution in [0.4, 0.5) is 24.5 Å². The summed E-state index contributed by atoms with van der Waals surface area (Å²) in [5.74, 6) is 4.57. The highest BCUT2D eigenvalue weighted by Gasteiger charge is 2.30. The summed E-state index contributed by atoms with van der Waals surface area (Å²) >= 11 is 0. The fraction of sp³-hybridized carbons (Fsp3) is 0.0769. The first kappa shape index (κ1) is 14.8. The van der Waals surface area contributed by atoms with E-state index in [0.29, 0.717) is 5.69 Å². The quantitative estimate of drug-likeness (QED) is 0.601. The van der Waals surface area contributed by atoms with Gasteiger partial charge < -0.3 is 10.7 Å². The molecule has 5 nitrogen and oxygen atoms in total. The van der Waals surface area contributed by atoms with Crippen LogP contribution >= 0.6 is 0 Å². The summed E-state index contributed by atoms with van der Waals surface area (Å²) in [6.07, 6.45) is -3.11. The lowest BCUT2D eigenvalue weighted by atomic mass is 10.2. The second kappa shape index (κ2) is 5.80. The van der Waals surface area contributed by atoms with E-state index in [1.165, 1.54) is 24.4 Å². The highest BCUT2D eigenvalue weighted by Crippen LogP contribution is 2.30. The first-order valence-electron chi connectivity index (χ1n) is 5.81.